The van der Waals surface area contributed by atoms with E-state index in [1.54, 1.807) is 50.6 Å². The second-order valence-electron chi connectivity index (χ2n) is 6.53. The lowest BCUT2D eigenvalue weighted by Crippen LogP contribution is -2.24. The molecule has 3 aromatic rings. The molecular formula is C23H24N2O5S. The Kier molecular flexibility index (Phi) is 7.61. The van der Waals surface area contributed by atoms with Crippen LogP contribution < -0.4 is 20.1 Å². The molecule has 0 aliphatic rings. The second kappa shape index (κ2) is 10.6. The van der Waals surface area contributed by atoms with Crippen molar-refractivity contribution in [2.45, 2.75) is 23.5 Å². The Bertz CT molecular complexity index is 1040. The Labute approximate surface area is 185 Å². The van der Waals surface area contributed by atoms with Crippen LogP contribution in [0, 0.1) is 0 Å². The van der Waals surface area contributed by atoms with Gasteiger partial charge in [0.05, 0.1) is 31.4 Å². The minimum Gasteiger partial charge on any atom is -0.497 e. The summed E-state index contributed by atoms with van der Waals surface area (Å²) in [5.41, 5.74) is 1.17. The fourth-order valence-electron chi connectivity index (χ4n) is 2.86. The highest BCUT2D eigenvalue weighted by Crippen LogP contribution is 2.32. The zero-order valence-corrected chi connectivity index (χ0v) is 18.3. The number of benzene rings is 2. The smallest absolute Gasteiger partial charge is 0.291 e. The van der Waals surface area contributed by atoms with E-state index in [2.05, 4.69) is 10.6 Å². The maximum atomic E-state index is 12.9. The largest absolute Gasteiger partial charge is 0.497 e. The van der Waals surface area contributed by atoms with E-state index in [9.17, 15) is 9.59 Å². The first-order chi connectivity index (χ1) is 15.0. The average molecular weight is 441 g/mol. The van der Waals surface area contributed by atoms with Crippen LogP contribution >= 0.6 is 11.8 Å². The molecule has 7 nitrogen and oxygen atoms in total. The Hall–Kier alpha value is -3.39. The monoisotopic (exact) mass is 440 g/mol. The molecule has 0 saturated heterocycles. The van der Waals surface area contributed by atoms with Crippen LogP contribution in [-0.2, 0) is 4.79 Å². The van der Waals surface area contributed by atoms with E-state index in [1.165, 1.54) is 18.0 Å². The lowest BCUT2D eigenvalue weighted by molar-refractivity contribution is -0.115. The summed E-state index contributed by atoms with van der Waals surface area (Å²) in [5.74, 6) is 0.927. The van der Waals surface area contributed by atoms with Crippen molar-refractivity contribution in [3.63, 3.8) is 0 Å². The molecule has 0 fully saturated rings. The van der Waals surface area contributed by atoms with Gasteiger partial charge in [-0.15, -0.1) is 11.8 Å². The van der Waals surface area contributed by atoms with E-state index in [0.29, 0.717) is 29.3 Å². The highest BCUT2D eigenvalue weighted by molar-refractivity contribution is 8.00. The summed E-state index contributed by atoms with van der Waals surface area (Å²) in [5, 5.41) is 5.38. The average Bonchev–Trinajstić information content (AvgIpc) is 3.33. The van der Waals surface area contributed by atoms with Gasteiger partial charge in [0.1, 0.15) is 11.5 Å². The molecular weight excluding hydrogens is 416 g/mol. The molecule has 0 spiro atoms. The van der Waals surface area contributed by atoms with Crippen molar-refractivity contribution >= 4 is 35.0 Å². The second-order valence-corrected chi connectivity index (χ2v) is 7.81. The Balaban J connectivity index is 1.69. The molecule has 0 saturated carbocycles. The molecule has 2 amide bonds. The number of hydrogen-bond acceptors (Lipinski definition) is 6. The van der Waals surface area contributed by atoms with E-state index < -0.39 is 0 Å². The summed E-state index contributed by atoms with van der Waals surface area (Å²) in [7, 11) is 3.11. The van der Waals surface area contributed by atoms with E-state index in [0.717, 1.165) is 4.90 Å². The molecule has 0 bridgehead atoms. The van der Waals surface area contributed by atoms with Crippen LogP contribution in [0.5, 0.6) is 11.5 Å². The first kappa shape index (κ1) is 22.3. The summed E-state index contributed by atoms with van der Waals surface area (Å²) in [6.07, 6.45) is 2.06. The molecule has 3 rings (SSSR count). The van der Waals surface area contributed by atoms with Crippen LogP contribution in [-0.4, -0.2) is 31.3 Å². The number of carbonyl (C=O) groups is 2. The van der Waals surface area contributed by atoms with Crippen molar-refractivity contribution in [2.75, 3.05) is 24.9 Å². The zero-order chi connectivity index (χ0) is 22.2. The molecule has 8 heteroatoms. The van der Waals surface area contributed by atoms with Crippen LogP contribution in [0.15, 0.2) is 70.2 Å². The van der Waals surface area contributed by atoms with Gasteiger partial charge < -0.3 is 24.5 Å². The number of amides is 2. The van der Waals surface area contributed by atoms with E-state index in [1.807, 2.05) is 25.1 Å². The lowest BCUT2D eigenvalue weighted by Gasteiger charge is -2.17. The van der Waals surface area contributed by atoms with Crippen molar-refractivity contribution in [1.29, 1.82) is 0 Å². The summed E-state index contributed by atoms with van der Waals surface area (Å²) >= 11 is 1.42. The normalized spacial score (nSPS) is 11.5. The molecule has 2 aromatic carbocycles. The number of furan rings is 1. The topological polar surface area (TPSA) is 89.8 Å². The molecule has 1 unspecified atom stereocenters. The fourth-order valence-corrected chi connectivity index (χ4v) is 3.87. The molecule has 162 valence electrons. The highest BCUT2D eigenvalue weighted by Gasteiger charge is 2.20. The Morgan fingerprint density at radius 2 is 1.87 bits per heavy atom. The lowest BCUT2D eigenvalue weighted by atomic mass is 10.2. The number of carbonyl (C=O) groups excluding carboxylic acids is 2. The number of methoxy groups -OCH3 is 2. The third-order valence-electron chi connectivity index (χ3n) is 4.44. The van der Waals surface area contributed by atoms with Gasteiger partial charge in [-0.25, -0.2) is 0 Å². The van der Waals surface area contributed by atoms with Gasteiger partial charge in [0, 0.05) is 16.6 Å². The van der Waals surface area contributed by atoms with Crippen LogP contribution in [0.1, 0.15) is 23.9 Å². The van der Waals surface area contributed by atoms with Crippen molar-refractivity contribution in [1.82, 2.24) is 0 Å². The van der Waals surface area contributed by atoms with Crippen LogP contribution in [0.3, 0.4) is 0 Å². The van der Waals surface area contributed by atoms with E-state index in [-0.39, 0.29) is 22.8 Å². The SMILES string of the molecule is CCC(Sc1cccc(NC(=O)c2ccco2)c1)C(=O)Nc1cc(OC)ccc1OC. The van der Waals surface area contributed by atoms with Crippen LogP contribution in [0.2, 0.25) is 0 Å². The molecule has 1 aromatic heterocycles. The molecule has 2 N–H and O–H groups in total. The van der Waals surface area contributed by atoms with Gasteiger partial charge in [0.2, 0.25) is 5.91 Å². The number of hydrogen-bond donors (Lipinski definition) is 2. The number of ether oxygens (including phenoxy) is 2. The van der Waals surface area contributed by atoms with Crippen molar-refractivity contribution in [2.24, 2.45) is 0 Å². The van der Waals surface area contributed by atoms with Crippen molar-refractivity contribution in [3.8, 4) is 11.5 Å². The van der Waals surface area contributed by atoms with Gasteiger partial charge in [-0.05, 0) is 48.9 Å². The van der Waals surface area contributed by atoms with Crippen molar-refractivity contribution in [3.05, 3.63) is 66.6 Å². The molecule has 0 aliphatic carbocycles. The quantitative estimate of drug-likeness (QED) is 0.452. The standard InChI is InChI=1S/C23H24N2O5S/c1-4-21(23(27)25-18-14-16(28-2)10-11-19(18)29-3)31-17-8-5-7-15(13-17)24-22(26)20-9-6-12-30-20/h5-14,21H,4H2,1-3H3,(H,24,26)(H,25,27). The molecule has 31 heavy (non-hydrogen) atoms. The fraction of sp³-hybridized carbons (Fsp3) is 0.217. The van der Waals surface area contributed by atoms with Crippen LogP contribution in [0.25, 0.3) is 0 Å². The number of anilines is 2. The van der Waals surface area contributed by atoms with Gasteiger partial charge in [-0.3, -0.25) is 9.59 Å². The number of nitrogens with one attached hydrogen (secondary N) is 2. The summed E-state index contributed by atoms with van der Waals surface area (Å²) in [6.45, 7) is 1.95. The van der Waals surface area contributed by atoms with E-state index >= 15 is 0 Å². The van der Waals surface area contributed by atoms with Crippen molar-refractivity contribution < 1.29 is 23.5 Å². The highest BCUT2D eigenvalue weighted by atomic mass is 32.2. The minimum atomic E-state index is -0.341. The van der Waals surface area contributed by atoms with Crippen LogP contribution in [0.4, 0.5) is 11.4 Å². The first-order valence-corrected chi connectivity index (χ1v) is 10.6. The zero-order valence-electron chi connectivity index (χ0n) is 17.5. The maximum Gasteiger partial charge on any atom is 0.291 e. The first-order valence-electron chi connectivity index (χ1n) is 9.68. The number of rotatable bonds is 9. The Morgan fingerprint density at radius 1 is 1.03 bits per heavy atom. The molecule has 0 radical (unpaired) electrons. The maximum absolute atomic E-state index is 12.9. The van der Waals surface area contributed by atoms with Gasteiger partial charge in [0.15, 0.2) is 5.76 Å². The van der Waals surface area contributed by atoms with Gasteiger partial charge in [0.25, 0.3) is 5.91 Å². The van der Waals surface area contributed by atoms with Gasteiger partial charge in [-0.2, -0.15) is 0 Å². The summed E-state index contributed by atoms with van der Waals surface area (Å²) in [6, 6.07) is 15.8. The predicted octanol–water partition coefficient (Wildman–Crippen LogP) is 5.06. The summed E-state index contributed by atoms with van der Waals surface area (Å²) in [4.78, 5) is 26.0. The van der Waals surface area contributed by atoms with Gasteiger partial charge in [-0.1, -0.05) is 13.0 Å². The third-order valence-corrected chi connectivity index (χ3v) is 5.80. The minimum absolute atomic E-state index is 0.149. The third kappa shape index (κ3) is 5.82. The predicted molar refractivity (Wildman–Crippen MR) is 121 cm³/mol. The molecule has 1 atom stereocenters. The van der Waals surface area contributed by atoms with Gasteiger partial charge >= 0.3 is 0 Å². The number of thioether (sulfide) groups is 1. The molecule has 1 heterocycles. The Morgan fingerprint density at radius 3 is 2.55 bits per heavy atom. The molecule has 0 aliphatic heterocycles. The summed E-state index contributed by atoms with van der Waals surface area (Å²) < 4.78 is 15.7. The van der Waals surface area contributed by atoms with E-state index in [4.69, 9.17) is 13.9 Å².